The van der Waals surface area contributed by atoms with Crippen molar-refractivity contribution >= 4 is 5.82 Å². The maximum Gasteiger partial charge on any atom is 0.125 e. The highest BCUT2D eigenvalue weighted by Crippen LogP contribution is 2.20. The normalized spacial score (nSPS) is 23.6. The Bertz CT molecular complexity index is 366. The van der Waals surface area contributed by atoms with Crippen LogP contribution in [0.4, 0.5) is 5.82 Å². The van der Waals surface area contributed by atoms with Gasteiger partial charge in [-0.25, -0.2) is 4.98 Å². The van der Waals surface area contributed by atoms with E-state index in [4.69, 9.17) is 4.74 Å². The Balaban J connectivity index is 1.92. The van der Waals surface area contributed by atoms with E-state index < -0.39 is 0 Å². The molecule has 1 aliphatic rings. The summed E-state index contributed by atoms with van der Waals surface area (Å²) in [4.78, 5) is 6.76. The molecule has 1 saturated heterocycles. The highest BCUT2D eigenvalue weighted by molar-refractivity contribution is 5.35. The number of hydrogen-bond acceptors (Lipinski definition) is 4. The lowest BCUT2D eigenvalue weighted by molar-refractivity contribution is 0.0814. The van der Waals surface area contributed by atoms with Crippen molar-refractivity contribution in [2.45, 2.75) is 39.0 Å². The second-order valence-electron chi connectivity index (χ2n) is 4.93. The molecule has 2 heterocycles. The average Bonchev–Trinajstić information content (AvgIpc) is 2.78. The van der Waals surface area contributed by atoms with Gasteiger partial charge in [0.2, 0.25) is 0 Å². The lowest BCUT2D eigenvalue weighted by Crippen LogP contribution is -2.36. The van der Waals surface area contributed by atoms with Crippen LogP contribution < -0.4 is 5.32 Å². The van der Waals surface area contributed by atoms with Crippen LogP contribution >= 0.6 is 0 Å². The third-order valence-electron chi connectivity index (χ3n) is 3.52. The van der Waals surface area contributed by atoms with Gasteiger partial charge in [-0.2, -0.15) is 0 Å². The Labute approximate surface area is 109 Å². The zero-order valence-corrected chi connectivity index (χ0v) is 11.5. The first-order chi connectivity index (χ1) is 8.70. The molecule has 2 unspecified atom stereocenters. The minimum atomic E-state index is 0.337. The summed E-state index contributed by atoms with van der Waals surface area (Å²) in [5.74, 6) is 0.946. The minimum absolute atomic E-state index is 0.337. The Hall–Kier alpha value is -1.13. The van der Waals surface area contributed by atoms with Crippen molar-refractivity contribution in [1.29, 1.82) is 0 Å². The zero-order valence-electron chi connectivity index (χ0n) is 11.5. The highest BCUT2D eigenvalue weighted by Gasteiger charge is 2.27. The van der Waals surface area contributed by atoms with E-state index in [1.165, 1.54) is 5.56 Å². The fourth-order valence-corrected chi connectivity index (χ4v) is 2.51. The monoisotopic (exact) mass is 249 g/mol. The van der Waals surface area contributed by atoms with Gasteiger partial charge in [-0.3, -0.25) is 4.90 Å². The van der Waals surface area contributed by atoms with E-state index in [9.17, 15) is 0 Å². The molecule has 0 saturated carbocycles. The molecule has 0 amide bonds. The van der Waals surface area contributed by atoms with Crippen molar-refractivity contribution in [2.24, 2.45) is 0 Å². The minimum Gasteiger partial charge on any atom is -0.377 e. The molecule has 2 rings (SSSR count). The van der Waals surface area contributed by atoms with E-state index in [1.807, 2.05) is 12.3 Å². The first-order valence-corrected chi connectivity index (χ1v) is 6.71. The highest BCUT2D eigenvalue weighted by atomic mass is 16.5. The maximum atomic E-state index is 5.61. The number of ether oxygens (including phenoxy) is 1. The zero-order chi connectivity index (χ0) is 13.0. The molecule has 0 radical (unpaired) electrons. The molecule has 0 aromatic carbocycles. The number of likely N-dealkylation sites (N-methyl/N-ethyl adjacent to an activating group) is 1. The molecule has 100 valence electrons. The number of aromatic nitrogens is 1. The Morgan fingerprint density at radius 3 is 2.89 bits per heavy atom. The Morgan fingerprint density at radius 2 is 2.33 bits per heavy atom. The molecule has 1 N–H and O–H groups in total. The van der Waals surface area contributed by atoms with Crippen molar-refractivity contribution in [3.63, 3.8) is 0 Å². The number of rotatable bonds is 5. The van der Waals surface area contributed by atoms with E-state index in [1.54, 1.807) is 0 Å². The van der Waals surface area contributed by atoms with Gasteiger partial charge in [-0.1, -0.05) is 6.07 Å². The second kappa shape index (κ2) is 6.16. The van der Waals surface area contributed by atoms with Crippen molar-refractivity contribution in [2.75, 3.05) is 25.5 Å². The first-order valence-electron chi connectivity index (χ1n) is 6.71. The summed E-state index contributed by atoms with van der Waals surface area (Å²) in [7, 11) is 2.16. The van der Waals surface area contributed by atoms with Crippen LogP contribution in [0.1, 0.15) is 25.8 Å². The van der Waals surface area contributed by atoms with Crippen LogP contribution in [0.15, 0.2) is 18.3 Å². The molecule has 18 heavy (non-hydrogen) atoms. The summed E-state index contributed by atoms with van der Waals surface area (Å²) in [5.41, 5.74) is 1.25. The molecular weight excluding hydrogens is 226 g/mol. The van der Waals surface area contributed by atoms with Crippen LogP contribution in [-0.4, -0.2) is 42.2 Å². The van der Waals surface area contributed by atoms with Crippen molar-refractivity contribution in [3.05, 3.63) is 23.9 Å². The fourth-order valence-electron chi connectivity index (χ4n) is 2.51. The molecule has 1 aromatic rings. The van der Waals surface area contributed by atoms with E-state index >= 15 is 0 Å². The predicted octanol–water partition coefficient (Wildman–Crippen LogP) is 2.12. The molecule has 0 aliphatic carbocycles. The summed E-state index contributed by atoms with van der Waals surface area (Å²) >= 11 is 0. The van der Waals surface area contributed by atoms with Gasteiger partial charge in [0.15, 0.2) is 0 Å². The van der Waals surface area contributed by atoms with Crippen LogP contribution in [0, 0.1) is 0 Å². The number of pyridine rings is 1. The number of nitrogens with zero attached hydrogens (tertiary/aromatic N) is 2. The lowest BCUT2D eigenvalue weighted by atomic mass is 10.1. The molecule has 1 aliphatic heterocycles. The van der Waals surface area contributed by atoms with Gasteiger partial charge >= 0.3 is 0 Å². The molecular formula is C14H23N3O. The number of anilines is 1. The molecule has 1 aromatic heterocycles. The molecule has 0 spiro atoms. The quantitative estimate of drug-likeness (QED) is 0.867. The van der Waals surface area contributed by atoms with Crippen molar-refractivity contribution in [3.8, 4) is 0 Å². The number of hydrogen-bond donors (Lipinski definition) is 1. The van der Waals surface area contributed by atoms with Crippen LogP contribution in [0.5, 0.6) is 0 Å². The first kappa shape index (κ1) is 13.3. The van der Waals surface area contributed by atoms with Gasteiger partial charge in [-0.15, -0.1) is 0 Å². The van der Waals surface area contributed by atoms with Crippen LogP contribution in [0.2, 0.25) is 0 Å². The van der Waals surface area contributed by atoms with Crippen LogP contribution in [-0.2, 0) is 11.3 Å². The van der Waals surface area contributed by atoms with E-state index in [0.29, 0.717) is 12.1 Å². The van der Waals surface area contributed by atoms with Crippen LogP contribution in [0.25, 0.3) is 0 Å². The summed E-state index contributed by atoms with van der Waals surface area (Å²) < 4.78 is 5.61. The van der Waals surface area contributed by atoms with Gasteiger partial charge in [0.25, 0.3) is 0 Å². The Morgan fingerprint density at radius 1 is 1.50 bits per heavy atom. The standard InChI is InChI=1S/C14H23N3O/c1-4-15-14-6-5-12(9-16-14)10-17(3)13-7-8-18-11(13)2/h5-6,9,11,13H,4,7-8,10H2,1-3H3,(H,15,16). The third-order valence-corrected chi connectivity index (χ3v) is 3.52. The van der Waals surface area contributed by atoms with Gasteiger partial charge in [-0.05, 0) is 38.9 Å². The summed E-state index contributed by atoms with van der Waals surface area (Å²) in [6.07, 6.45) is 3.42. The van der Waals surface area contributed by atoms with Gasteiger partial charge in [0, 0.05) is 31.9 Å². The topological polar surface area (TPSA) is 37.4 Å². The fraction of sp³-hybridized carbons (Fsp3) is 0.643. The van der Waals surface area contributed by atoms with Gasteiger partial charge in [0.1, 0.15) is 5.82 Å². The third kappa shape index (κ3) is 3.21. The predicted molar refractivity (Wildman–Crippen MR) is 73.7 cm³/mol. The number of nitrogens with one attached hydrogen (secondary N) is 1. The molecule has 0 bridgehead atoms. The van der Waals surface area contributed by atoms with Crippen LogP contribution in [0.3, 0.4) is 0 Å². The van der Waals surface area contributed by atoms with Crippen molar-refractivity contribution in [1.82, 2.24) is 9.88 Å². The molecule has 4 heteroatoms. The summed E-state index contributed by atoms with van der Waals surface area (Å²) in [6.45, 7) is 6.94. The summed E-state index contributed by atoms with van der Waals surface area (Å²) in [5, 5.41) is 3.21. The largest absolute Gasteiger partial charge is 0.377 e. The summed E-state index contributed by atoms with van der Waals surface area (Å²) in [6, 6.07) is 4.71. The van der Waals surface area contributed by atoms with E-state index in [0.717, 1.165) is 31.9 Å². The smallest absolute Gasteiger partial charge is 0.125 e. The average molecular weight is 249 g/mol. The molecule has 2 atom stereocenters. The SMILES string of the molecule is CCNc1ccc(CN(C)C2CCOC2C)cn1. The van der Waals surface area contributed by atoms with Gasteiger partial charge < -0.3 is 10.1 Å². The molecule has 1 fully saturated rings. The van der Waals surface area contributed by atoms with E-state index in [-0.39, 0.29) is 0 Å². The Kier molecular flexibility index (Phi) is 4.55. The maximum absolute atomic E-state index is 5.61. The molecule has 4 nitrogen and oxygen atoms in total. The van der Waals surface area contributed by atoms with Gasteiger partial charge in [0.05, 0.1) is 6.10 Å². The van der Waals surface area contributed by atoms with E-state index in [2.05, 4.69) is 42.2 Å². The van der Waals surface area contributed by atoms with Crippen molar-refractivity contribution < 1.29 is 4.74 Å². The lowest BCUT2D eigenvalue weighted by Gasteiger charge is -2.26. The second-order valence-corrected chi connectivity index (χ2v) is 4.93.